The number of anilines is 6. The number of nitrogen functional groups attached to an aromatic ring is 3. The van der Waals surface area contributed by atoms with E-state index < -0.39 is 0 Å². The van der Waals surface area contributed by atoms with Crippen LogP contribution in [0, 0.1) is 17.8 Å². The molecule has 0 bridgehead atoms. The fourth-order valence-corrected chi connectivity index (χ4v) is 16.1. The zero-order valence-corrected chi connectivity index (χ0v) is 64.9. The lowest BCUT2D eigenvalue weighted by molar-refractivity contribution is 0.0975. The molecule has 0 radical (unpaired) electrons. The largest absolute Gasteiger partial charge is 0.383 e. The first-order chi connectivity index (χ1) is 53.1. The molecular weight excluding hydrogens is 1470 g/mol. The molecule has 109 heavy (non-hydrogen) atoms. The number of hydrogen-bond acceptors (Lipinski definition) is 23. The van der Waals surface area contributed by atoms with E-state index in [4.69, 9.17) is 52.0 Å². The molecule has 12 aromatic rings. The molecule has 12 heterocycles. The van der Waals surface area contributed by atoms with Crippen LogP contribution in [0.15, 0.2) is 163 Å². The van der Waals surface area contributed by atoms with Crippen molar-refractivity contribution >= 4 is 142 Å². The normalized spacial score (nSPS) is 14.8. The Morgan fingerprint density at radius 2 is 0.853 bits per heavy atom. The Kier molecular flexibility index (Phi) is 26.8. The fraction of sp³-hybridized carbons (Fsp3) is 0.341. The van der Waals surface area contributed by atoms with Crippen LogP contribution in [-0.4, -0.2) is 141 Å². The molecule has 0 saturated carbocycles. The van der Waals surface area contributed by atoms with Gasteiger partial charge in [-0.3, -0.25) is 33.8 Å². The number of Topliss-reactive ketones (excluding diaryl/α,β-unsaturated/α-hetero) is 3. The van der Waals surface area contributed by atoms with E-state index in [1.54, 1.807) is 78.1 Å². The van der Waals surface area contributed by atoms with Gasteiger partial charge < -0.3 is 33.2 Å². The lowest BCUT2D eigenvalue weighted by Crippen LogP contribution is -2.36. The molecule has 0 unspecified atom stereocenters. The number of fused-ring (bicyclic) bond motifs is 3. The van der Waals surface area contributed by atoms with Crippen molar-refractivity contribution in [2.75, 3.05) is 92.1 Å². The first-order valence-corrected chi connectivity index (χ1v) is 40.1. The van der Waals surface area contributed by atoms with Crippen LogP contribution in [0.3, 0.4) is 0 Å². The van der Waals surface area contributed by atoms with Gasteiger partial charge in [0.05, 0.1) is 55.2 Å². The number of nitrogens with two attached hydrogens (primary N) is 3. The number of likely N-dealkylation sites (tertiary alicyclic amines) is 3. The number of nitrogens with one attached hydrogen (secondary N) is 3. The predicted octanol–water partition coefficient (Wildman–Crippen LogP) is 15.7. The van der Waals surface area contributed by atoms with E-state index in [0.29, 0.717) is 123 Å². The van der Waals surface area contributed by atoms with E-state index in [-0.39, 0.29) is 17.3 Å². The number of piperidine rings is 3. The maximum atomic E-state index is 13.2. The minimum absolute atomic E-state index is 0.0258. The van der Waals surface area contributed by atoms with Gasteiger partial charge in [0.15, 0.2) is 17.3 Å². The monoisotopic (exact) mass is 1560 g/mol. The molecule has 0 atom stereocenters. The molecule has 0 spiro atoms. The molecule has 15 rings (SSSR count). The van der Waals surface area contributed by atoms with Gasteiger partial charge in [-0.15, -0.1) is 22.7 Å². The zero-order chi connectivity index (χ0) is 75.6. The van der Waals surface area contributed by atoms with E-state index in [1.807, 2.05) is 89.6 Å². The van der Waals surface area contributed by atoms with Crippen LogP contribution in [0.2, 0.25) is 15.1 Å². The second kappa shape index (κ2) is 37.7. The molecule has 3 aromatic carbocycles. The number of hydrogen-bond donors (Lipinski definition) is 6. The number of aromatic nitrogens is 10. The second-order valence-corrected chi connectivity index (χ2v) is 31.3. The summed E-state index contributed by atoms with van der Waals surface area (Å²) in [5, 5.41) is 27.1. The lowest BCUT2D eigenvalue weighted by Gasteiger charge is -2.32. The van der Waals surface area contributed by atoms with Gasteiger partial charge in [0.25, 0.3) is 0 Å². The average Bonchev–Trinajstić information content (AvgIpc) is 1.24. The number of halogens is 3. The molecule has 3 saturated heterocycles. The van der Waals surface area contributed by atoms with Crippen LogP contribution < -0.4 is 33.2 Å². The van der Waals surface area contributed by atoms with Gasteiger partial charge in [0.1, 0.15) is 39.9 Å². The highest BCUT2D eigenvalue weighted by Gasteiger charge is 2.26. The number of pyridine rings is 6. The molecule has 0 aliphatic carbocycles. The number of carbonyl (C=O) groups excluding carboxylic acids is 3. The van der Waals surface area contributed by atoms with E-state index in [2.05, 4.69) is 105 Å². The smallest absolute Gasteiger partial charge is 0.166 e. The summed E-state index contributed by atoms with van der Waals surface area (Å²) in [6.45, 7) is 11.4. The number of nitrogens with zero attached hydrogens (tertiary/aromatic N) is 13. The quantitative estimate of drug-likeness (QED) is 0.0261. The van der Waals surface area contributed by atoms with E-state index in [9.17, 15) is 14.4 Å². The Bertz CT molecular complexity index is 4860. The van der Waals surface area contributed by atoms with Gasteiger partial charge >= 0.3 is 0 Å². The third kappa shape index (κ3) is 21.5. The summed E-state index contributed by atoms with van der Waals surface area (Å²) >= 11 is 22.0. The van der Waals surface area contributed by atoms with Gasteiger partial charge in [-0.2, -0.15) is 5.10 Å². The summed E-state index contributed by atoms with van der Waals surface area (Å²) in [5.41, 5.74) is 27.0. The van der Waals surface area contributed by atoms with Crippen molar-refractivity contribution in [2.24, 2.45) is 24.8 Å². The zero-order valence-electron chi connectivity index (χ0n) is 61.0. The minimum atomic E-state index is 0.0258. The molecule has 564 valence electrons. The molecule has 27 heteroatoms. The topological polar surface area (TPSA) is 296 Å². The summed E-state index contributed by atoms with van der Waals surface area (Å²) in [5.74, 6) is 5.08. The Labute approximate surface area is 657 Å². The molecule has 3 aliphatic rings. The fourth-order valence-electron chi connectivity index (χ4n) is 14.4. The van der Waals surface area contributed by atoms with Crippen molar-refractivity contribution in [2.45, 2.75) is 96.7 Å². The number of thiazole rings is 2. The molecule has 3 aliphatic heterocycles. The Morgan fingerprint density at radius 3 is 1.21 bits per heavy atom. The SMILES string of the molecule is Cn1nccc1CN1CCC(CNc2ncc(Cl)cc2C(=O)CCc2ccc3c(N)nccc3c2)CC1.Nc1nccc2cc(CCC(=O)c3cc(Cl)cnc3NCC3CCN(Cc4cscn4)CC3)ccc12.Nc1nccc2cc(CCC(=O)c3cc(Cl)cnc3NCC3CCN(Cc4nccs4)CC3)ccc12. The van der Waals surface area contributed by atoms with Crippen molar-refractivity contribution in [3.8, 4) is 0 Å². The summed E-state index contributed by atoms with van der Waals surface area (Å²) < 4.78 is 1.94. The molecular formula is C82H90Cl3N19O3S2. The summed E-state index contributed by atoms with van der Waals surface area (Å²) in [4.78, 5) is 81.5. The predicted molar refractivity (Wildman–Crippen MR) is 441 cm³/mol. The number of carbonyl (C=O) groups is 3. The van der Waals surface area contributed by atoms with Gasteiger partial charge in [0, 0.05) is 136 Å². The number of rotatable bonds is 27. The molecule has 22 nitrogen and oxygen atoms in total. The van der Waals surface area contributed by atoms with Crippen molar-refractivity contribution in [3.63, 3.8) is 0 Å². The highest BCUT2D eigenvalue weighted by molar-refractivity contribution is 7.09. The van der Waals surface area contributed by atoms with Crippen molar-refractivity contribution in [1.29, 1.82) is 0 Å². The third-order valence-electron chi connectivity index (χ3n) is 20.8. The van der Waals surface area contributed by atoms with E-state index in [1.165, 1.54) is 10.7 Å². The van der Waals surface area contributed by atoms with Crippen molar-refractivity contribution < 1.29 is 14.4 Å². The summed E-state index contributed by atoms with van der Waals surface area (Å²) in [6, 6.07) is 31.2. The first-order valence-electron chi connectivity index (χ1n) is 37.1. The van der Waals surface area contributed by atoms with Crippen LogP contribution in [0.5, 0.6) is 0 Å². The molecule has 9 aromatic heterocycles. The average molecular weight is 1560 g/mol. The molecule has 3 fully saturated rings. The van der Waals surface area contributed by atoms with Crippen LogP contribution in [0.1, 0.15) is 122 Å². The Morgan fingerprint density at radius 1 is 0.459 bits per heavy atom. The Balaban J connectivity index is 0.000000144. The molecule has 9 N–H and O–H groups in total. The lowest BCUT2D eigenvalue weighted by atomic mass is 9.96. The second-order valence-electron chi connectivity index (χ2n) is 28.3. The standard InChI is InChI=1S/C28H32ClN7O.2C27H29ClN6OS/c1-35-23(7-11-34-35)18-36-12-8-20(9-13-36)16-32-28-25(15-22(29)17-33-28)26(37)5-3-19-2-4-24-21(14-19)6-10-31-27(24)30;28-21-14-23(24(35)4-2-18-1-3-22-20(13-18)5-8-31-26(22)29)27(33-16-21)32-15-19-6-10-34(11-7-19)17-25-30-9-12-36-25;28-21-12-24(25(35)4-2-18-1-3-23-20(11-18)5-8-30-26(23)29)27(32-14-21)31-13-19-6-9-34(10-7-19)15-22-16-36-17-33-22/h2,4,6-7,10-11,14-15,17,20H,3,5,8-9,12-13,16,18H2,1H3,(H2,30,31)(H,32,33);1,3,5,8-9,12-14,16,19H,2,4,6-7,10-11,15,17H2,(H2,29,31)(H,32,33);1,3,5,8,11-12,14,16-17,19H,2,4,6-7,9-10,13,15H2,(H2,29,30)(H,31,32). The summed E-state index contributed by atoms with van der Waals surface area (Å²) in [6.07, 6.45) is 23.2. The van der Waals surface area contributed by atoms with E-state index in [0.717, 1.165) is 172 Å². The highest BCUT2D eigenvalue weighted by Crippen LogP contribution is 2.31. The van der Waals surface area contributed by atoms with Gasteiger partial charge in [-0.1, -0.05) is 89.4 Å². The van der Waals surface area contributed by atoms with Crippen molar-refractivity contribution in [3.05, 3.63) is 228 Å². The van der Waals surface area contributed by atoms with Gasteiger partial charge in [0.2, 0.25) is 0 Å². The Hall–Kier alpha value is -9.63. The van der Waals surface area contributed by atoms with Gasteiger partial charge in [-0.25, -0.2) is 39.9 Å². The van der Waals surface area contributed by atoms with E-state index >= 15 is 0 Å². The number of aryl methyl sites for hydroxylation is 4. The van der Waals surface area contributed by atoms with Crippen LogP contribution in [0.4, 0.5) is 34.9 Å². The first kappa shape index (κ1) is 77.5. The third-order valence-corrected chi connectivity index (χ3v) is 22.8. The minimum Gasteiger partial charge on any atom is -0.383 e. The highest BCUT2D eigenvalue weighted by atomic mass is 35.5. The molecule has 0 amide bonds. The maximum Gasteiger partial charge on any atom is 0.166 e. The summed E-state index contributed by atoms with van der Waals surface area (Å²) in [7, 11) is 1.99. The van der Waals surface area contributed by atoms with Crippen LogP contribution in [0.25, 0.3) is 32.3 Å². The van der Waals surface area contributed by atoms with Crippen LogP contribution in [-0.2, 0) is 45.9 Å². The maximum absolute atomic E-state index is 13.2. The van der Waals surface area contributed by atoms with Crippen molar-refractivity contribution in [1.82, 2.24) is 64.4 Å². The van der Waals surface area contributed by atoms with Crippen LogP contribution >= 0.6 is 57.5 Å². The van der Waals surface area contributed by atoms with Gasteiger partial charge in [-0.05, 0) is 190 Å². The number of ketones is 3. The number of benzene rings is 3.